The standard InChI is InChI=1S/C5H9O2.U/c1-4-7-5(2,3)6;/h1,4,6H,2-3H3;/q-1;. The largest absolute Gasteiger partial charge is 0.508 e. The SMILES string of the molecule is [CH-]=COC(C)(C)O.[U]. The number of hydrogen-bond acceptors (Lipinski definition) is 2. The summed E-state index contributed by atoms with van der Waals surface area (Å²) >= 11 is 0. The predicted octanol–water partition coefficient (Wildman–Crippen LogP) is 0.678. The van der Waals surface area contributed by atoms with Crippen LogP contribution in [-0.2, 0) is 4.74 Å². The van der Waals surface area contributed by atoms with Crippen molar-refractivity contribution in [1.29, 1.82) is 0 Å². The van der Waals surface area contributed by atoms with Gasteiger partial charge in [0, 0.05) is 45.0 Å². The maximum atomic E-state index is 8.68. The maximum Gasteiger partial charge on any atom is 0.197 e. The van der Waals surface area contributed by atoms with E-state index in [1.54, 1.807) is 0 Å². The molecule has 2 nitrogen and oxygen atoms in total. The molecule has 0 aromatic carbocycles. The summed E-state index contributed by atoms with van der Waals surface area (Å²) in [5.74, 6) is -1.13. The molecule has 0 fully saturated rings. The molecule has 0 unspecified atom stereocenters. The van der Waals surface area contributed by atoms with E-state index in [1.165, 1.54) is 13.8 Å². The molecule has 8 heavy (non-hydrogen) atoms. The van der Waals surface area contributed by atoms with Crippen LogP contribution in [0.25, 0.3) is 0 Å². The van der Waals surface area contributed by atoms with E-state index in [-0.39, 0.29) is 31.1 Å². The summed E-state index contributed by atoms with van der Waals surface area (Å²) < 4.78 is 4.44. The molecule has 0 saturated carbocycles. The van der Waals surface area contributed by atoms with Gasteiger partial charge in [0.15, 0.2) is 5.79 Å². The first-order valence-corrected chi connectivity index (χ1v) is 2.00. The molecule has 0 saturated heterocycles. The average molecular weight is 339 g/mol. The fourth-order valence-electron chi connectivity index (χ4n) is 0.167. The topological polar surface area (TPSA) is 29.5 Å². The first-order chi connectivity index (χ1) is 3.06. The van der Waals surface area contributed by atoms with Gasteiger partial charge >= 0.3 is 0 Å². The van der Waals surface area contributed by atoms with Crippen molar-refractivity contribution in [2.24, 2.45) is 0 Å². The molecule has 3 heteroatoms. The molecule has 0 radical (unpaired) electrons. The molecule has 0 amide bonds. The smallest absolute Gasteiger partial charge is 0.197 e. The van der Waals surface area contributed by atoms with Crippen molar-refractivity contribution in [3.05, 3.63) is 12.8 Å². The van der Waals surface area contributed by atoms with Gasteiger partial charge in [-0.15, -0.1) is 0 Å². The van der Waals surface area contributed by atoms with Gasteiger partial charge in [-0.2, -0.15) is 0 Å². The maximum absolute atomic E-state index is 8.68. The van der Waals surface area contributed by atoms with Crippen LogP contribution in [0.4, 0.5) is 0 Å². The van der Waals surface area contributed by atoms with Gasteiger partial charge in [0.05, 0.1) is 0 Å². The summed E-state index contributed by atoms with van der Waals surface area (Å²) in [5, 5.41) is 8.68. The molecule has 0 aliphatic carbocycles. The molecule has 0 aromatic rings. The van der Waals surface area contributed by atoms with Crippen molar-refractivity contribution in [3.8, 4) is 0 Å². The van der Waals surface area contributed by atoms with E-state index in [9.17, 15) is 0 Å². The summed E-state index contributed by atoms with van der Waals surface area (Å²) in [6, 6.07) is 0. The predicted molar refractivity (Wildman–Crippen MR) is 26.3 cm³/mol. The Morgan fingerprint density at radius 1 is 1.62 bits per heavy atom. The molecular weight excluding hydrogens is 330 g/mol. The fourth-order valence-corrected chi connectivity index (χ4v) is 0.167. The van der Waals surface area contributed by atoms with Gasteiger partial charge < -0.3 is 16.4 Å². The fraction of sp³-hybridized carbons (Fsp3) is 0.600. The van der Waals surface area contributed by atoms with E-state index in [1.807, 2.05) is 0 Å². The Kier molecular flexibility index (Phi) is 6.30. The first kappa shape index (κ1) is 11.4. The zero-order valence-electron chi connectivity index (χ0n) is 5.01. The molecule has 0 aliphatic heterocycles. The normalized spacial score (nSPS) is 9.38. The van der Waals surface area contributed by atoms with Crippen molar-refractivity contribution in [3.63, 3.8) is 0 Å². The van der Waals surface area contributed by atoms with Crippen molar-refractivity contribution >= 4 is 0 Å². The zero-order valence-corrected chi connectivity index (χ0v) is 9.17. The van der Waals surface area contributed by atoms with Crippen LogP contribution in [0.15, 0.2) is 6.26 Å². The molecule has 0 rings (SSSR count). The van der Waals surface area contributed by atoms with Gasteiger partial charge in [-0.05, 0) is 0 Å². The van der Waals surface area contributed by atoms with Crippen molar-refractivity contribution in [2.75, 3.05) is 0 Å². The van der Waals surface area contributed by atoms with Crippen LogP contribution in [0.3, 0.4) is 0 Å². The summed E-state index contributed by atoms with van der Waals surface area (Å²) in [4.78, 5) is 0. The average Bonchev–Trinajstić information content (AvgIpc) is 1.30. The third-order valence-electron chi connectivity index (χ3n) is 0.356. The second-order valence-corrected chi connectivity index (χ2v) is 1.70. The Labute approximate surface area is 73.3 Å². The van der Waals surface area contributed by atoms with Crippen LogP contribution in [0.2, 0.25) is 0 Å². The van der Waals surface area contributed by atoms with E-state index in [4.69, 9.17) is 11.7 Å². The van der Waals surface area contributed by atoms with Crippen LogP contribution >= 0.6 is 0 Å². The van der Waals surface area contributed by atoms with Crippen molar-refractivity contribution in [2.45, 2.75) is 19.6 Å². The first-order valence-electron chi connectivity index (χ1n) is 2.00. The minimum absolute atomic E-state index is 0. The van der Waals surface area contributed by atoms with Crippen LogP contribution in [-0.4, -0.2) is 10.9 Å². The van der Waals surface area contributed by atoms with Crippen LogP contribution in [0.5, 0.6) is 0 Å². The summed E-state index contributed by atoms with van der Waals surface area (Å²) in [6.45, 7) is 7.80. The Morgan fingerprint density at radius 2 is 2.00 bits per heavy atom. The Bertz CT molecular complexity index is 65.3. The summed E-state index contributed by atoms with van der Waals surface area (Å²) in [7, 11) is 0. The second-order valence-electron chi connectivity index (χ2n) is 1.70. The Morgan fingerprint density at radius 3 is 2.00 bits per heavy atom. The van der Waals surface area contributed by atoms with Gasteiger partial charge in [0.1, 0.15) is 0 Å². The third kappa shape index (κ3) is 9.75. The molecule has 0 aliphatic rings. The summed E-state index contributed by atoms with van der Waals surface area (Å²) in [6.07, 6.45) is 0.958. The number of rotatable bonds is 2. The van der Waals surface area contributed by atoms with Crippen molar-refractivity contribution < 1.29 is 41.0 Å². The van der Waals surface area contributed by atoms with Gasteiger partial charge in [0.2, 0.25) is 0 Å². The van der Waals surface area contributed by atoms with Gasteiger partial charge in [-0.1, -0.05) is 6.26 Å². The Hall–Kier alpha value is 0.552. The monoisotopic (exact) mass is 339 g/mol. The molecule has 46 valence electrons. The summed E-state index contributed by atoms with van der Waals surface area (Å²) in [5.41, 5.74) is 0. The molecule has 0 bridgehead atoms. The number of aliphatic hydroxyl groups is 1. The molecule has 1 N–H and O–H groups in total. The molecule has 0 spiro atoms. The van der Waals surface area contributed by atoms with Crippen LogP contribution < -0.4 is 0 Å². The zero-order chi connectivity index (χ0) is 5.91. The van der Waals surface area contributed by atoms with E-state index in [2.05, 4.69) is 4.74 Å². The van der Waals surface area contributed by atoms with Crippen molar-refractivity contribution in [1.82, 2.24) is 0 Å². The molecular formula is C5H9O2U-. The van der Waals surface area contributed by atoms with Gasteiger partial charge in [0.25, 0.3) is 0 Å². The second kappa shape index (κ2) is 4.43. The third-order valence-corrected chi connectivity index (χ3v) is 0.356. The van der Waals surface area contributed by atoms with E-state index in [0.29, 0.717) is 0 Å². The van der Waals surface area contributed by atoms with Gasteiger partial charge in [-0.3, -0.25) is 0 Å². The molecule has 0 aromatic heterocycles. The van der Waals surface area contributed by atoms with Gasteiger partial charge in [-0.25, -0.2) is 0 Å². The van der Waals surface area contributed by atoms with Crippen LogP contribution in [0, 0.1) is 37.7 Å². The molecule has 0 atom stereocenters. The number of hydrogen-bond donors (Lipinski definition) is 1. The van der Waals surface area contributed by atoms with Crippen LogP contribution in [0.1, 0.15) is 13.8 Å². The van der Waals surface area contributed by atoms with E-state index in [0.717, 1.165) is 6.26 Å². The number of ether oxygens (including phenoxy) is 1. The minimum atomic E-state index is -1.13. The Balaban J connectivity index is 0. The minimum Gasteiger partial charge on any atom is -0.508 e. The van der Waals surface area contributed by atoms with E-state index < -0.39 is 5.79 Å². The molecule has 0 heterocycles. The van der Waals surface area contributed by atoms with E-state index >= 15 is 0 Å². The quantitative estimate of drug-likeness (QED) is 0.456.